The molecule has 4 fully saturated rings. The highest BCUT2D eigenvalue weighted by Gasteiger charge is 2.30. The zero-order valence-electron chi connectivity index (χ0n) is 37.4. The van der Waals surface area contributed by atoms with Gasteiger partial charge in [-0.25, -0.2) is 0 Å². The van der Waals surface area contributed by atoms with E-state index >= 15 is 0 Å². The van der Waals surface area contributed by atoms with E-state index in [9.17, 15) is 20.1 Å². The second kappa shape index (κ2) is 21.4. The lowest BCUT2D eigenvalue weighted by Crippen LogP contribution is -2.45. The predicted octanol–water partition coefficient (Wildman–Crippen LogP) is 5.98. The Kier molecular flexibility index (Phi) is 15.6. The standard InChI is InChI=1S/2C25H33N5O/c2*1-18-12-21(22-6-5-20(13-26)25-23(22)4-3-9-27-25)16-30(15-18)17-24(31)28-14-19-7-10-29(2)11-8-19/h2*3-6,9,18-19,21H,7-8,10-12,14-17H2,1-2H3,(H,28,31)/t18-,21+;18-,21-/m11/s1. The Morgan fingerprint density at radius 3 is 1.42 bits per heavy atom. The van der Waals surface area contributed by atoms with Gasteiger partial charge in [-0.1, -0.05) is 38.1 Å². The summed E-state index contributed by atoms with van der Waals surface area (Å²) in [5, 5.41) is 27.4. The Morgan fingerprint density at radius 1 is 0.629 bits per heavy atom. The predicted molar refractivity (Wildman–Crippen MR) is 245 cm³/mol. The van der Waals surface area contributed by atoms with Crippen molar-refractivity contribution in [3.8, 4) is 12.1 Å². The largest absolute Gasteiger partial charge is 0.355 e. The number of rotatable bonds is 10. The number of likely N-dealkylation sites (tertiary alicyclic amines) is 4. The fraction of sp³-hybridized carbons (Fsp3) is 0.560. The van der Waals surface area contributed by atoms with Gasteiger partial charge in [-0.15, -0.1) is 0 Å². The van der Waals surface area contributed by atoms with Crippen molar-refractivity contribution in [2.45, 2.75) is 64.2 Å². The van der Waals surface area contributed by atoms with Crippen LogP contribution in [0.3, 0.4) is 0 Å². The van der Waals surface area contributed by atoms with Gasteiger partial charge in [0.1, 0.15) is 12.1 Å². The van der Waals surface area contributed by atoms with Gasteiger partial charge in [0.15, 0.2) is 0 Å². The SMILES string of the molecule is C[C@@H]1C[C@@H](c2ccc(C#N)c3ncccc23)CN(CC(=O)NCC2CCN(C)CC2)C1.C[C@@H]1C[C@H](c2ccc(C#N)c3ncccc23)CN(CC(=O)NCC2CCN(C)CC2)C1. The number of nitriles is 2. The van der Waals surface area contributed by atoms with Crippen molar-refractivity contribution in [2.24, 2.45) is 23.7 Å². The van der Waals surface area contributed by atoms with E-state index in [0.29, 0.717) is 59.7 Å². The van der Waals surface area contributed by atoms with E-state index in [1.807, 2.05) is 24.3 Å². The molecule has 0 saturated carbocycles. The monoisotopic (exact) mass is 839 g/mol. The third-order valence-electron chi connectivity index (χ3n) is 13.8. The molecule has 12 nitrogen and oxygen atoms in total. The Bertz CT molecular complexity index is 2080. The molecule has 0 unspecified atom stereocenters. The summed E-state index contributed by atoms with van der Waals surface area (Å²) in [6.45, 7) is 15.2. The van der Waals surface area contributed by atoms with Crippen LogP contribution in [0.15, 0.2) is 60.9 Å². The quantitative estimate of drug-likeness (QED) is 0.196. The van der Waals surface area contributed by atoms with Gasteiger partial charge in [0.2, 0.25) is 11.8 Å². The van der Waals surface area contributed by atoms with Crippen LogP contribution in [0.1, 0.15) is 86.5 Å². The average Bonchev–Trinajstić information content (AvgIpc) is 3.27. The molecule has 2 N–H and O–H groups in total. The summed E-state index contributed by atoms with van der Waals surface area (Å²) in [5.74, 6) is 3.19. The first-order valence-electron chi connectivity index (χ1n) is 23.0. The van der Waals surface area contributed by atoms with Gasteiger partial charge in [0.25, 0.3) is 0 Å². The van der Waals surface area contributed by atoms with Crippen LogP contribution < -0.4 is 10.6 Å². The normalized spacial score (nSPS) is 23.5. The summed E-state index contributed by atoms with van der Waals surface area (Å²) in [7, 11) is 4.33. The fourth-order valence-corrected chi connectivity index (χ4v) is 10.5. The molecule has 2 amide bonds. The number of hydrogen-bond acceptors (Lipinski definition) is 10. The number of aromatic nitrogens is 2. The van der Waals surface area contributed by atoms with E-state index in [4.69, 9.17) is 0 Å². The van der Waals surface area contributed by atoms with Crippen LogP contribution in [0.25, 0.3) is 21.8 Å². The number of pyridine rings is 2. The number of amides is 2. The molecule has 2 aromatic heterocycles. The average molecular weight is 839 g/mol. The number of nitrogens with zero attached hydrogens (tertiary/aromatic N) is 8. The smallest absolute Gasteiger partial charge is 0.234 e. The summed E-state index contributed by atoms with van der Waals surface area (Å²) in [4.78, 5) is 43.5. The zero-order valence-corrected chi connectivity index (χ0v) is 37.4. The van der Waals surface area contributed by atoms with Crippen molar-refractivity contribution >= 4 is 33.6 Å². The van der Waals surface area contributed by atoms with E-state index in [-0.39, 0.29) is 11.8 Å². The minimum absolute atomic E-state index is 0.137. The third-order valence-corrected chi connectivity index (χ3v) is 13.8. The lowest BCUT2D eigenvalue weighted by molar-refractivity contribution is -0.123. The third kappa shape index (κ3) is 11.7. The molecule has 0 spiro atoms. The van der Waals surface area contributed by atoms with Gasteiger partial charge in [-0.2, -0.15) is 10.5 Å². The second-order valence-electron chi connectivity index (χ2n) is 19.0. The molecule has 12 heteroatoms. The number of fused-ring (bicyclic) bond motifs is 2. The Balaban J connectivity index is 0.000000186. The number of carbonyl (C=O) groups is 2. The summed E-state index contributed by atoms with van der Waals surface area (Å²) in [5.41, 5.74) is 5.28. The second-order valence-corrected chi connectivity index (χ2v) is 19.0. The molecule has 8 rings (SSSR count). The number of benzene rings is 2. The Hall–Kier alpha value is -4.98. The van der Waals surface area contributed by atoms with Gasteiger partial charge < -0.3 is 20.4 Å². The van der Waals surface area contributed by atoms with Gasteiger partial charge in [-0.05, 0) is 150 Å². The van der Waals surface area contributed by atoms with Crippen LogP contribution in [0.5, 0.6) is 0 Å². The van der Waals surface area contributed by atoms with Crippen molar-refractivity contribution in [3.63, 3.8) is 0 Å². The maximum Gasteiger partial charge on any atom is 0.234 e. The lowest BCUT2D eigenvalue weighted by atomic mass is 9.83. The van der Waals surface area contributed by atoms with Crippen LogP contribution in [-0.2, 0) is 9.59 Å². The van der Waals surface area contributed by atoms with Gasteiger partial charge in [0, 0.05) is 62.4 Å². The minimum Gasteiger partial charge on any atom is -0.355 e. The van der Waals surface area contributed by atoms with E-state index in [1.165, 1.54) is 36.8 Å². The highest BCUT2D eigenvalue weighted by molar-refractivity contribution is 5.88. The molecular weight excluding hydrogens is 773 g/mol. The van der Waals surface area contributed by atoms with Crippen LogP contribution >= 0.6 is 0 Å². The molecule has 4 saturated heterocycles. The molecular formula is C50H66N10O2. The number of piperidine rings is 4. The highest BCUT2D eigenvalue weighted by Crippen LogP contribution is 2.36. The molecule has 0 aliphatic carbocycles. The number of nitrogens with one attached hydrogen (secondary N) is 2. The van der Waals surface area contributed by atoms with Gasteiger partial charge >= 0.3 is 0 Å². The van der Waals surface area contributed by atoms with E-state index < -0.39 is 0 Å². The molecule has 62 heavy (non-hydrogen) atoms. The van der Waals surface area contributed by atoms with Crippen molar-refractivity contribution in [2.75, 3.05) is 92.6 Å². The Labute approximate surface area is 368 Å². The van der Waals surface area contributed by atoms with Crippen LogP contribution in [0.4, 0.5) is 0 Å². The van der Waals surface area contributed by atoms with Crippen molar-refractivity contribution in [1.82, 2.24) is 40.2 Å². The molecule has 0 radical (unpaired) electrons. The van der Waals surface area contributed by atoms with E-state index in [0.717, 1.165) is 100 Å². The molecule has 4 aromatic rings. The number of carbonyl (C=O) groups excluding carboxylic acids is 2. The lowest BCUT2D eigenvalue weighted by Gasteiger charge is -2.37. The number of hydrogen-bond donors (Lipinski definition) is 2. The van der Waals surface area contributed by atoms with Gasteiger partial charge in [0.05, 0.1) is 35.2 Å². The maximum absolute atomic E-state index is 12.7. The first-order valence-corrected chi connectivity index (χ1v) is 23.0. The van der Waals surface area contributed by atoms with Crippen molar-refractivity contribution < 1.29 is 9.59 Å². The van der Waals surface area contributed by atoms with E-state index in [1.54, 1.807) is 12.4 Å². The fourth-order valence-electron chi connectivity index (χ4n) is 10.5. The molecule has 4 atom stereocenters. The van der Waals surface area contributed by atoms with Crippen LogP contribution in [0.2, 0.25) is 0 Å². The molecule has 6 heterocycles. The first-order chi connectivity index (χ1) is 30.1. The summed E-state index contributed by atoms with van der Waals surface area (Å²) < 4.78 is 0. The summed E-state index contributed by atoms with van der Waals surface area (Å²) in [6.07, 6.45) is 10.3. The minimum atomic E-state index is 0.137. The van der Waals surface area contributed by atoms with Crippen molar-refractivity contribution in [3.05, 3.63) is 83.2 Å². The molecule has 2 aromatic carbocycles. The van der Waals surface area contributed by atoms with Crippen LogP contribution in [-0.4, -0.2) is 134 Å². The molecule has 4 aliphatic heterocycles. The first kappa shape index (κ1) is 45.1. The molecule has 4 aliphatic rings. The van der Waals surface area contributed by atoms with Crippen LogP contribution in [0, 0.1) is 46.3 Å². The summed E-state index contributed by atoms with van der Waals surface area (Å²) in [6, 6.07) is 20.5. The van der Waals surface area contributed by atoms with Gasteiger partial charge in [-0.3, -0.25) is 29.4 Å². The zero-order chi connectivity index (χ0) is 43.6. The Morgan fingerprint density at radius 2 is 1.03 bits per heavy atom. The van der Waals surface area contributed by atoms with E-state index in [2.05, 4.69) is 105 Å². The maximum atomic E-state index is 12.7. The topological polar surface area (TPSA) is 145 Å². The van der Waals surface area contributed by atoms with Crippen molar-refractivity contribution in [1.29, 1.82) is 10.5 Å². The molecule has 0 bridgehead atoms. The highest BCUT2D eigenvalue weighted by atomic mass is 16.2. The summed E-state index contributed by atoms with van der Waals surface area (Å²) >= 11 is 0. The molecule has 328 valence electrons.